The molecule has 2 aromatic carbocycles. The number of anilines is 1. The van der Waals surface area contributed by atoms with Crippen LogP contribution in [0.15, 0.2) is 58.2 Å². The van der Waals surface area contributed by atoms with Crippen LogP contribution in [-0.4, -0.2) is 21.9 Å². The zero-order chi connectivity index (χ0) is 19.4. The SMILES string of the molecule is O=C(CSc1nnc(-c2ccccc2Cl)o1)Nc1ccc(C(F)(F)F)cc1. The van der Waals surface area contributed by atoms with E-state index in [4.69, 9.17) is 16.0 Å². The van der Waals surface area contributed by atoms with Crippen LogP contribution in [0.25, 0.3) is 11.5 Å². The molecule has 0 atom stereocenters. The Balaban J connectivity index is 1.56. The van der Waals surface area contributed by atoms with E-state index in [-0.39, 0.29) is 22.6 Å². The summed E-state index contributed by atoms with van der Waals surface area (Å²) < 4.78 is 43.0. The maximum absolute atomic E-state index is 12.5. The molecule has 27 heavy (non-hydrogen) atoms. The number of benzene rings is 2. The van der Waals surface area contributed by atoms with Crippen molar-refractivity contribution in [3.63, 3.8) is 0 Å². The van der Waals surface area contributed by atoms with Crippen molar-refractivity contribution < 1.29 is 22.4 Å². The third kappa shape index (κ3) is 5.01. The number of hydrogen-bond donors (Lipinski definition) is 1. The van der Waals surface area contributed by atoms with Crippen molar-refractivity contribution in [3.8, 4) is 11.5 Å². The average molecular weight is 414 g/mol. The third-order valence-corrected chi connectivity index (χ3v) is 4.48. The number of carbonyl (C=O) groups is 1. The quantitative estimate of drug-likeness (QED) is 0.586. The summed E-state index contributed by atoms with van der Waals surface area (Å²) in [6.07, 6.45) is -4.42. The molecule has 0 saturated heterocycles. The molecule has 0 spiro atoms. The lowest BCUT2D eigenvalue weighted by atomic mass is 10.2. The van der Waals surface area contributed by atoms with Crippen molar-refractivity contribution in [1.82, 2.24) is 10.2 Å². The van der Waals surface area contributed by atoms with Crippen molar-refractivity contribution in [2.24, 2.45) is 0 Å². The molecule has 3 aromatic rings. The molecule has 0 aliphatic heterocycles. The first-order valence-electron chi connectivity index (χ1n) is 7.51. The van der Waals surface area contributed by atoms with Gasteiger partial charge >= 0.3 is 6.18 Å². The Bertz CT molecular complexity index is 945. The van der Waals surface area contributed by atoms with E-state index in [9.17, 15) is 18.0 Å². The smallest absolute Gasteiger partial charge is 0.411 e. The highest BCUT2D eigenvalue weighted by Gasteiger charge is 2.30. The zero-order valence-electron chi connectivity index (χ0n) is 13.5. The summed E-state index contributed by atoms with van der Waals surface area (Å²) in [6, 6.07) is 11.1. The molecule has 10 heteroatoms. The molecule has 0 bridgehead atoms. The monoisotopic (exact) mass is 413 g/mol. The fourth-order valence-electron chi connectivity index (χ4n) is 2.08. The Kier molecular flexibility index (Phi) is 5.71. The van der Waals surface area contributed by atoms with Gasteiger partial charge in [-0.1, -0.05) is 35.5 Å². The van der Waals surface area contributed by atoms with Gasteiger partial charge in [0.2, 0.25) is 11.8 Å². The molecule has 0 fully saturated rings. The van der Waals surface area contributed by atoms with E-state index in [0.29, 0.717) is 10.6 Å². The maximum Gasteiger partial charge on any atom is 0.416 e. The first kappa shape index (κ1) is 19.2. The van der Waals surface area contributed by atoms with Crippen molar-refractivity contribution in [2.45, 2.75) is 11.4 Å². The van der Waals surface area contributed by atoms with Crippen molar-refractivity contribution >= 4 is 35.0 Å². The summed E-state index contributed by atoms with van der Waals surface area (Å²) >= 11 is 7.06. The Labute approximate surface area is 160 Å². The van der Waals surface area contributed by atoms with E-state index in [0.717, 1.165) is 23.9 Å². The number of thioether (sulfide) groups is 1. The second-order valence-electron chi connectivity index (χ2n) is 5.26. The Hall–Kier alpha value is -2.52. The molecule has 1 heterocycles. The predicted molar refractivity (Wildman–Crippen MR) is 95.5 cm³/mol. The van der Waals surface area contributed by atoms with Gasteiger partial charge < -0.3 is 9.73 Å². The summed E-state index contributed by atoms with van der Waals surface area (Å²) in [5.41, 5.74) is 0.0523. The molecule has 1 N–H and O–H groups in total. The molecular weight excluding hydrogens is 403 g/mol. The lowest BCUT2D eigenvalue weighted by Gasteiger charge is -2.08. The number of rotatable bonds is 5. The van der Waals surface area contributed by atoms with Gasteiger partial charge in [0.15, 0.2) is 0 Å². The van der Waals surface area contributed by atoms with Crippen LogP contribution in [0.4, 0.5) is 18.9 Å². The lowest BCUT2D eigenvalue weighted by Crippen LogP contribution is -2.14. The van der Waals surface area contributed by atoms with Crippen molar-refractivity contribution in [2.75, 3.05) is 11.1 Å². The predicted octanol–water partition coefficient (Wildman–Crippen LogP) is 5.14. The van der Waals surface area contributed by atoms with Gasteiger partial charge in [0.1, 0.15) is 0 Å². The van der Waals surface area contributed by atoms with Crippen molar-refractivity contribution in [1.29, 1.82) is 0 Å². The number of aromatic nitrogens is 2. The minimum Gasteiger partial charge on any atom is -0.411 e. The van der Waals surface area contributed by atoms with E-state index in [1.54, 1.807) is 24.3 Å². The molecule has 140 valence electrons. The number of amides is 1. The normalized spacial score (nSPS) is 11.4. The lowest BCUT2D eigenvalue weighted by molar-refractivity contribution is -0.137. The van der Waals surface area contributed by atoms with Crippen LogP contribution in [0.5, 0.6) is 0 Å². The number of halogens is 4. The highest BCUT2D eigenvalue weighted by molar-refractivity contribution is 7.99. The van der Waals surface area contributed by atoms with Gasteiger partial charge in [-0.2, -0.15) is 13.2 Å². The summed E-state index contributed by atoms with van der Waals surface area (Å²) in [7, 11) is 0. The fraction of sp³-hybridized carbons (Fsp3) is 0.118. The number of hydrogen-bond acceptors (Lipinski definition) is 5. The minimum atomic E-state index is -4.42. The standard InChI is InChI=1S/C17H11ClF3N3O2S/c18-13-4-2-1-3-12(13)15-23-24-16(26-15)27-9-14(25)22-11-7-5-10(6-8-11)17(19,20)21/h1-8H,9H2,(H,22,25). The van der Waals surface area contributed by atoms with Crippen molar-refractivity contribution in [3.05, 3.63) is 59.1 Å². The second kappa shape index (κ2) is 8.01. The van der Waals surface area contributed by atoms with Crippen LogP contribution in [0.3, 0.4) is 0 Å². The number of nitrogens with one attached hydrogen (secondary N) is 1. The molecular formula is C17H11ClF3N3O2S. The summed E-state index contributed by atoms with van der Waals surface area (Å²) in [5, 5.41) is 10.8. The summed E-state index contributed by atoms with van der Waals surface area (Å²) in [4.78, 5) is 11.9. The van der Waals surface area contributed by atoms with Crippen LogP contribution < -0.4 is 5.32 Å². The summed E-state index contributed by atoms with van der Waals surface area (Å²) in [6.45, 7) is 0. The van der Waals surface area contributed by atoms with E-state index >= 15 is 0 Å². The van der Waals surface area contributed by atoms with Gasteiger partial charge in [-0.25, -0.2) is 0 Å². The van der Waals surface area contributed by atoms with E-state index in [1.807, 2.05) is 0 Å². The highest BCUT2D eigenvalue weighted by atomic mass is 35.5. The van der Waals surface area contributed by atoms with Gasteiger partial charge in [0, 0.05) is 5.69 Å². The Morgan fingerprint density at radius 3 is 2.48 bits per heavy atom. The topological polar surface area (TPSA) is 68.0 Å². The van der Waals surface area contributed by atoms with E-state index in [2.05, 4.69) is 15.5 Å². The third-order valence-electron chi connectivity index (χ3n) is 3.33. The van der Waals surface area contributed by atoms with Crippen LogP contribution in [-0.2, 0) is 11.0 Å². The molecule has 0 aliphatic carbocycles. The Morgan fingerprint density at radius 2 is 1.81 bits per heavy atom. The van der Waals surface area contributed by atoms with Gasteiger partial charge in [-0.05, 0) is 36.4 Å². The zero-order valence-corrected chi connectivity index (χ0v) is 15.0. The first-order chi connectivity index (χ1) is 12.8. The number of carbonyl (C=O) groups excluding carboxylic acids is 1. The molecule has 0 saturated carbocycles. The molecule has 0 radical (unpaired) electrons. The fourth-order valence-corrected chi connectivity index (χ4v) is 2.86. The molecule has 0 unspecified atom stereocenters. The van der Waals surface area contributed by atoms with Crippen LogP contribution in [0.2, 0.25) is 5.02 Å². The van der Waals surface area contributed by atoms with Gasteiger partial charge in [0.25, 0.3) is 5.22 Å². The highest BCUT2D eigenvalue weighted by Crippen LogP contribution is 2.30. The van der Waals surface area contributed by atoms with E-state index < -0.39 is 17.6 Å². The van der Waals surface area contributed by atoms with Crippen LogP contribution >= 0.6 is 23.4 Å². The van der Waals surface area contributed by atoms with Gasteiger partial charge in [0.05, 0.1) is 21.9 Å². The number of alkyl halides is 3. The molecule has 1 amide bonds. The van der Waals surface area contributed by atoms with Crippen LogP contribution in [0, 0.1) is 0 Å². The molecule has 0 aliphatic rings. The summed E-state index contributed by atoms with van der Waals surface area (Å²) in [5.74, 6) is -0.242. The number of nitrogens with zero attached hydrogens (tertiary/aromatic N) is 2. The largest absolute Gasteiger partial charge is 0.416 e. The minimum absolute atomic E-state index is 0.0504. The first-order valence-corrected chi connectivity index (χ1v) is 8.87. The average Bonchev–Trinajstić information content (AvgIpc) is 3.09. The second-order valence-corrected chi connectivity index (χ2v) is 6.60. The molecule has 1 aromatic heterocycles. The van der Waals surface area contributed by atoms with E-state index in [1.165, 1.54) is 12.1 Å². The van der Waals surface area contributed by atoms with Gasteiger partial charge in [-0.15, -0.1) is 10.2 Å². The van der Waals surface area contributed by atoms with Crippen LogP contribution in [0.1, 0.15) is 5.56 Å². The molecule has 5 nitrogen and oxygen atoms in total. The molecule has 3 rings (SSSR count). The Morgan fingerprint density at radius 1 is 1.11 bits per heavy atom. The van der Waals surface area contributed by atoms with Gasteiger partial charge in [-0.3, -0.25) is 4.79 Å². The maximum atomic E-state index is 12.5.